The topological polar surface area (TPSA) is 79.0 Å². The van der Waals surface area contributed by atoms with Crippen molar-refractivity contribution >= 4 is 11.8 Å². The van der Waals surface area contributed by atoms with Crippen LogP contribution in [0.25, 0.3) is 11.3 Å². The lowest BCUT2D eigenvalue weighted by atomic mass is 10.1. The van der Waals surface area contributed by atoms with Crippen molar-refractivity contribution in [2.75, 3.05) is 45.2 Å². The van der Waals surface area contributed by atoms with Gasteiger partial charge in [-0.25, -0.2) is 9.18 Å². The molecule has 8 heteroatoms. The van der Waals surface area contributed by atoms with Crippen LogP contribution in [-0.4, -0.2) is 61.5 Å². The molecule has 0 aliphatic carbocycles. The average molecular weight is 349 g/mol. The quantitative estimate of drug-likeness (QED) is 0.907. The molecule has 1 fully saturated rings. The monoisotopic (exact) mass is 349 g/mol. The number of aromatic carboxylic acids is 1. The number of methoxy groups -OCH3 is 1. The zero-order valence-corrected chi connectivity index (χ0v) is 14.2. The van der Waals surface area contributed by atoms with Crippen LogP contribution in [0.5, 0.6) is 5.75 Å². The van der Waals surface area contributed by atoms with E-state index in [4.69, 9.17) is 9.26 Å². The molecule has 0 bridgehead atoms. The third-order valence-corrected chi connectivity index (χ3v) is 4.32. The van der Waals surface area contributed by atoms with Crippen molar-refractivity contribution < 1.29 is 23.6 Å². The first kappa shape index (κ1) is 17.2. The predicted molar refractivity (Wildman–Crippen MR) is 89.7 cm³/mol. The summed E-state index contributed by atoms with van der Waals surface area (Å²) in [5, 5.41) is 13.7. The summed E-state index contributed by atoms with van der Waals surface area (Å²) in [5.41, 5.74) is 0.388. The summed E-state index contributed by atoms with van der Waals surface area (Å²) >= 11 is 0. The van der Waals surface area contributed by atoms with Gasteiger partial charge in [0.2, 0.25) is 0 Å². The molecule has 0 unspecified atom stereocenters. The van der Waals surface area contributed by atoms with E-state index in [1.807, 2.05) is 11.9 Å². The molecule has 1 N–H and O–H groups in total. The SMILES string of the molecule is COc1cc(-c2onc(N3CCCN(C)CC3)c2C(=O)O)ccc1F. The van der Waals surface area contributed by atoms with E-state index >= 15 is 0 Å². The molecule has 1 aromatic heterocycles. The highest BCUT2D eigenvalue weighted by Crippen LogP contribution is 2.34. The minimum absolute atomic E-state index is 0.0155. The maximum atomic E-state index is 13.6. The van der Waals surface area contributed by atoms with Crippen molar-refractivity contribution in [2.45, 2.75) is 6.42 Å². The number of likely N-dealkylation sites (N-methyl/N-ethyl adjacent to an activating group) is 1. The summed E-state index contributed by atoms with van der Waals surface area (Å²) in [7, 11) is 3.38. The molecule has 1 aliphatic heterocycles. The Morgan fingerprint density at radius 3 is 2.84 bits per heavy atom. The number of nitrogens with zero attached hydrogens (tertiary/aromatic N) is 3. The minimum atomic E-state index is -1.13. The number of aromatic nitrogens is 1. The summed E-state index contributed by atoms with van der Waals surface area (Å²) in [6.07, 6.45) is 0.905. The normalized spacial score (nSPS) is 15.9. The summed E-state index contributed by atoms with van der Waals surface area (Å²) in [5.74, 6) is -1.24. The number of carboxylic acid groups (broad SMARTS) is 1. The van der Waals surface area contributed by atoms with Crippen LogP contribution < -0.4 is 9.64 Å². The number of rotatable bonds is 4. The van der Waals surface area contributed by atoms with E-state index in [1.54, 1.807) is 0 Å². The lowest BCUT2D eigenvalue weighted by Gasteiger charge is -2.20. The fourth-order valence-electron chi connectivity index (χ4n) is 2.95. The standard InChI is InChI=1S/C17H20FN3O4/c1-20-6-3-7-21(9-8-20)16-14(17(22)23)15(25-19-16)11-4-5-12(18)13(10-11)24-2/h4-5,10H,3,6-9H2,1-2H3,(H,22,23). The van der Waals surface area contributed by atoms with E-state index in [0.717, 1.165) is 19.5 Å². The zero-order chi connectivity index (χ0) is 18.0. The minimum Gasteiger partial charge on any atom is -0.494 e. The molecule has 25 heavy (non-hydrogen) atoms. The van der Waals surface area contributed by atoms with Crippen molar-refractivity contribution in [3.63, 3.8) is 0 Å². The van der Waals surface area contributed by atoms with Crippen molar-refractivity contribution in [2.24, 2.45) is 0 Å². The number of carbonyl (C=O) groups is 1. The Bertz CT molecular complexity index is 777. The van der Waals surface area contributed by atoms with Gasteiger partial charge in [0.25, 0.3) is 0 Å². The van der Waals surface area contributed by atoms with E-state index < -0.39 is 11.8 Å². The lowest BCUT2D eigenvalue weighted by molar-refractivity contribution is 0.0698. The third kappa shape index (κ3) is 3.43. The highest BCUT2D eigenvalue weighted by molar-refractivity contribution is 5.99. The molecule has 0 spiro atoms. The Hall–Kier alpha value is -2.61. The van der Waals surface area contributed by atoms with Crippen LogP contribution >= 0.6 is 0 Å². The number of hydrogen-bond acceptors (Lipinski definition) is 6. The number of ether oxygens (including phenoxy) is 1. The average Bonchev–Trinajstić information content (AvgIpc) is 2.92. The number of carboxylic acids is 1. The highest BCUT2D eigenvalue weighted by Gasteiger charge is 2.28. The van der Waals surface area contributed by atoms with Gasteiger partial charge in [0.15, 0.2) is 28.7 Å². The Labute approximate surface area is 144 Å². The first-order valence-corrected chi connectivity index (χ1v) is 8.01. The van der Waals surface area contributed by atoms with Crippen LogP contribution in [-0.2, 0) is 0 Å². The van der Waals surface area contributed by atoms with E-state index in [0.29, 0.717) is 24.5 Å². The van der Waals surface area contributed by atoms with Crippen molar-refractivity contribution in [3.05, 3.63) is 29.6 Å². The van der Waals surface area contributed by atoms with Crippen LogP contribution in [0.2, 0.25) is 0 Å². The first-order valence-electron chi connectivity index (χ1n) is 8.01. The Morgan fingerprint density at radius 2 is 2.12 bits per heavy atom. The largest absolute Gasteiger partial charge is 0.494 e. The van der Waals surface area contributed by atoms with E-state index in [1.165, 1.54) is 25.3 Å². The molecule has 2 heterocycles. The van der Waals surface area contributed by atoms with Gasteiger partial charge in [-0.3, -0.25) is 0 Å². The molecule has 134 valence electrons. The maximum Gasteiger partial charge on any atom is 0.343 e. The number of benzene rings is 1. The third-order valence-electron chi connectivity index (χ3n) is 4.32. The molecule has 7 nitrogen and oxygen atoms in total. The van der Waals surface area contributed by atoms with Gasteiger partial charge in [-0.15, -0.1) is 0 Å². The molecule has 0 atom stereocenters. The van der Waals surface area contributed by atoms with Gasteiger partial charge >= 0.3 is 5.97 Å². The smallest absolute Gasteiger partial charge is 0.343 e. The Morgan fingerprint density at radius 1 is 1.32 bits per heavy atom. The van der Waals surface area contributed by atoms with Gasteiger partial charge in [0, 0.05) is 25.2 Å². The van der Waals surface area contributed by atoms with Gasteiger partial charge in [0.1, 0.15) is 0 Å². The summed E-state index contributed by atoms with van der Waals surface area (Å²) < 4.78 is 23.9. The number of hydrogen-bond donors (Lipinski definition) is 1. The second-order valence-electron chi connectivity index (χ2n) is 6.01. The lowest BCUT2D eigenvalue weighted by Crippen LogP contribution is -2.30. The van der Waals surface area contributed by atoms with Crippen LogP contribution in [0.4, 0.5) is 10.2 Å². The molecule has 1 saturated heterocycles. The molecule has 3 rings (SSSR count). The molecular formula is C17H20FN3O4. The Balaban J connectivity index is 2.02. The van der Waals surface area contributed by atoms with Crippen LogP contribution in [0.15, 0.2) is 22.7 Å². The van der Waals surface area contributed by atoms with Crippen molar-refractivity contribution in [3.8, 4) is 17.1 Å². The van der Waals surface area contributed by atoms with E-state index in [-0.39, 0.29) is 17.1 Å². The van der Waals surface area contributed by atoms with Gasteiger partial charge in [-0.2, -0.15) is 0 Å². The summed E-state index contributed by atoms with van der Waals surface area (Å²) in [6.45, 7) is 3.11. The zero-order valence-electron chi connectivity index (χ0n) is 14.2. The Kier molecular flexibility index (Phi) is 4.89. The van der Waals surface area contributed by atoms with Gasteiger partial charge in [-0.05, 0) is 38.2 Å². The molecule has 0 radical (unpaired) electrons. The van der Waals surface area contributed by atoms with E-state index in [9.17, 15) is 14.3 Å². The van der Waals surface area contributed by atoms with Crippen molar-refractivity contribution in [1.82, 2.24) is 10.1 Å². The first-order chi connectivity index (χ1) is 12.0. The van der Waals surface area contributed by atoms with E-state index in [2.05, 4.69) is 10.1 Å². The predicted octanol–water partition coefficient (Wildman–Crippen LogP) is 2.33. The molecule has 1 aromatic carbocycles. The second-order valence-corrected chi connectivity index (χ2v) is 6.01. The molecule has 0 amide bonds. The maximum absolute atomic E-state index is 13.6. The molecular weight excluding hydrogens is 329 g/mol. The summed E-state index contributed by atoms with van der Waals surface area (Å²) in [6, 6.07) is 4.07. The van der Waals surface area contributed by atoms with Crippen LogP contribution in [0.3, 0.4) is 0 Å². The second kappa shape index (κ2) is 7.10. The summed E-state index contributed by atoms with van der Waals surface area (Å²) in [4.78, 5) is 16.0. The van der Waals surface area contributed by atoms with Gasteiger partial charge in [0.05, 0.1) is 7.11 Å². The van der Waals surface area contributed by atoms with Crippen molar-refractivity contribution in [1.29, 1.82) is 0 Å². The fraction of sp³-hybridized carbons (Fsp3) is 0.412. The fourth-order valence-corrected chi connectivity index (χ4v) is 2.95. The number of anilines is 1. The number of halogens is 1. The molecule has 2 aromatic rings. The molecule has 0 saturated carbocycles. The van der Waals surface area contributed by atoms with Gasteiger partial charge < -0.3 is 24.2 Å². The molecule has 1 aliphatic rings. The highest BCUT2D eigenvalue weighted by atomic mass is 19.1. The van der Waals surface area contributed by atoms with Crippen LogP contribution in [0, 0.1) is 5.82 Å². The van der Waals surface area contributed by atoms with Gasteiger partial charge in [-0.1, -0.05) is 5.16 Å². The van der Waals surface area contributed by atoms with Crippen LogP contribution in [0.1, 0.15) is 16.8 Å².